The molecule has 2 aliphatic carbocycles. The standard InChI is InChI=1S/C20H24O10/c1-6-12(23)27-7-5-17-11-8(21)9(16(2,3)4)18(17)10(22)13(24)29-15(18)30-20(17,14(25)28-11)19(6,7)26/h6-11,15,21-22,26H,5H2,1-4H3/t6-,7+,8+,9?,10+,11-,15?,17-,18?,19-,20-/m1/s1. The van der Waals surface area contributed by atoms with Crippen molar-refractivity contribution in [3.05, 3.63) is 0 Å². The van der Waals surface area contributed by atoms with Crippen molar-refractivity contribution < 1.29 is 48.7 Å². The summed E-state index contributed by atoms with van der Waals surface area (Å²) >= 11 is 0. The predicted molar refractivity (Wildman–Crippen MR) is 92.0 cm³/mol. The highest BCUT2D eigenvalue weighted by atomic mass is 16.8. The summed E-state index contributed by atoms with van der Waals surface area (Å²) in [6.45, 7) is 6.97. The molecule has 3 unspecified atom stereocenters. The van der Waals surface area contributed by atoms with Crippen LogP contribution in [0.5, 0.6) is 0 Å². The van der Waals surface area contributed by atoms with Gasteiger partial charge in [0.15, 0.2) is 11.7 Å². The second-order valence-corrected chi connectivity index (χ2v) is 10.7. The molecule has 0 amide bonds. The van der Waals surface area contributed by atoms with Crippen molar-refractivity contribution in [2.24, 2.45) is 28.1 Å². The van der Waals surface area contributed by atoms with Crippen LogP contribution in [0.3, 0.4) is 0 Å². The highest BCUT2D eigenvalue weighted by Gasteiger charge is 3.02. The molecule has 30 heavy (non-hydrogen) atoms. The van der Waals surface area contributed by atoms with E-state index in [4.69, 9.17) is 18.9 Å². The third-order valence-corrected chi connectivity index (χ3v) is 8.91. The Labute approximate surface area is 171 Å². The van der Waals surface area contributed by atoms with Crippen LogP contribution >= 0.6 is 0 Å². The molecule has 10 nitrogen and oxygen atoms in total. The average molecular weight is 424 g/mol. The molecule has 10 heteroatoms. The maximum atomic E-state index is 13.4. The molecule has 4 heterocycles. The topological polar surface area (TPSA) is 149 Å². The number of carbonyl (C=O) groups excluding carboxylic acids is 3. The van der Waals surface area contributed by atoms with Crippen LogP contribution in [-0.2, 0) is 33.3 Å². The van der Waals surface area contributed by atoms with Crippen molar-refractivity contribution in [3.8, 4) is 0 Å². The highest BCUT2D eigenvalue weighted by molar-refractivity contribution is 5.93. The van der Waals surface area contributed by atoms with E-state index in [0.717, 1.165) is 0 Å². The van der Waals surface area contributed by atoms with Crippen LogP contribution in [0.1, 0.15) is 34.1 Å². The minimum absolute atomic E-state index is 0.107. The smallest absolute Gasteiger partial charge is 0.342 e. The summed E-state index contributed by atoms with van der Waals surface area (Å²) in [6, 6.07) is 0. The summed E-state index contributed by atoms with van der Waals surface area (Å²) < 4.78 is 22.6. The first-order valence-corrected chi connectivity index (χ1v) is 10.2. The third kappa shape index (κ3) is 1.35. The van der Waals surface area contributed by atoms with Gasteiger partial charge in [-0.2, -0.15) is 0 Å². The maximum absolute atomic E-state index is 13.4. The van der Waals surface area contributed by atoms with Crippen LogP contribution in [0.15, 0.2) is 0 Å². The molecule has 2 saturated carbocycles. The molecule has 6 rings (SSSR count). The number of hydrogen-bond donors (Lipinski definition) is 3. The highest BCUT2D eigenvalue weighted by Crippen LogP contribution is 2.84. The van der Waals surface area contributed by atoms with Crippen LogP contribution in [-0.4, -0.2) is 75.1 Å². The van der Waals surface area contributed by atoms with Crippen LogP contribution in [0.25, 0.3) is 0 Å². The summed E-state index contributed by atoms with van der Waals surface area (Å²) in [5, 5.41) is 34.4. The van der Waals surface area contributed by atoms with E-state index in [2.05, 4.69) is 0 Å². The number of carbonyl (C=O) groups is 3. The SMILES string of the molecule is C[C@@H]1C(=O)O[C@H]2C[C@]34[C@@H]5OC(=O)[C@]3(OC3OC(=O)[C@H](O)C34C(C(C)(C)C)[C@@H]5O)[C@]21O. The number of fused-ring (bicyclic) bond motifs is 1. The van der Waals surface area contributed by atoms with Crippen molar-refractivity contribution >= 4 is 17.9 Å². The van der Waals surface area contributed by atoms with Gasteiger partial charge < -0.3 is 34.3 Å². The fraction of sp³-hybridized carbons (Fsp3) is 0.850. The molecule has 6 fully saturated rings. The molecule has 11 atom stereocenters. The number of esters is 3. The molecule has 0 bridgehead atoms. The zero-order valence-electron chi connectivity index (χ0n) is 16.9. The molecular weight excluding hydrogens is 400 g/mol. The van der Waals surface area contributed by atoms with E-state index >= 15 is 0 Å². The van der Waals surface area contributed by atoms with Gasteiger partial charge in [-0.05, 0) is 12.3 Å². The van der Waals surface area contributed by atoms with Gasteiger partial charge in [-0.1, -0.05) is 20.8 Å². The van der Waals surface area contributed by atoms with Crippen molar-refractivity contribution in [2.45, 2.75) is 76.0 Å². The van der Waals surface area contributed by atoms with Crippen molar-refractivity contribution in [1.29, 1.82) is 0 Å². The van der Waals surface area contributed by atoms with Gasteiger partial charge in [0.25, 0.3) is 0 Å². The van der Waals surface area contributed by atoms with E-state index in [-0.39, 0.29) is 6.42 Å². The van der Waals surface area contributed by atoms with Gasteiger partial charge in [0.05, 0.1) is 22.9 Å². The fourth-order valence-electron chi connectivity index (χ4n) is 8.22. The van der Waals surface area contributed by atoms with Crippen molar-refractivity contribution in [1.82, 2.24) is 0 Å². The van der Waals surface area contributed by atoms with Gasteiger partial charge in [-0.25, -0.2) is 9.59 Å². The summed E-state index contributed by atoms with van der Waals surface area (Å²) in [7, 11) is 0. The van der Waals surface area contributed by atoms with E-state index in [1.807, 2.05) is 20.8 Å². The zero-order valence-corrected chi connectivity index (χ0v) is 16.9. The lowest BCUT2D eigenvalue weighted by molar-refractivity contribution is -0.239. The van der Waals surface area contributed by atoms with E-state index in [9.17, 15) is 29.7 Å². The van der Waals surface area contributed by atoms with Crippen LogP contribution in [0.4, 0.5) is 0 Å². The van der Waals surface area contributed by atoms with E-state index in [0.29, 0.717) is 0 Å². The van der Waals surface area contributed by atoms with Crippen LogP contribution in [0.2, 0.25) is 0 Å². The van der Waals surface area contributed by atoms with Gasteiger partial charge in [-0.15, -0.1) is 0 Å². The summed E-state index contributed by atoms with van der Waals surface area (Å²) in [4.78, 5) is 38.2. The Bertz CT molecular complexity index is 925. The summed E-state index contributed by atoms with van der Waals surface area (Å²) in [5.41, 5.74) is -7.95. The van der Waals surface area contributed by atoms with Gasteiger partial charge in [0.1, 0.15) is 12.2 Å². The number of aliphatic hydroxyl groups excluding tert-OH is 2. The first-order chi connectivity index (χ1) is 13.8. The number of rotatable bonds is 0. The molecule has 3 N–H and O–H groups in total. The second kappa shape index (κ2) is 4.69. The average Bonchev–Trinajstić information content (AvgIpc) is 3.32. The lowest BCUT2D eigenvalue weighted by Crippen LogP contribution is -2.66. The molecule has 2 spiro atoms. The van der Waals surface area contributed by atoms with E-state index in [1.54, 1.807) is 0 Å². The Balaban J connectivity index is 1.71. The van der Waals surface area contributed by atoms with Crippen molar-refractivity contribution in [3.63, 3.8) is 0 Å². The lowest BCUT2D eigenvalue weighted by atomic mass is 9.51. The van der Waals surface area contributed by atoms with Gasteiger partial charge in [0, 0.05) is 12.3 Å². The van der Waals surface area contributed by atoms with E-state index < -0.39 is 87.9 Å². The Morgan fingerprint density at radius 1 is 1.03 bits per heavy atom. The normalized spacial score (nSPS) is 60.1. The molecule has 0 aromatic rings. The van der Waals surface area contributed by atoms with Gasteiger partial charge in [0.2, 0.25) is 11.9 Å². The Morgan fingerprint density at radius 3 is 2.33 bits per heavy atom. The van der Waals surface area contributed by atoms with Gasteiger partial charge in [-0.3, -0.25) is 4.79 Å². The molecule has 0 aromatic carbocycles. The first-order valence-electron chi connectivity index (χ1n) is 10.2. The van der Waals surface area contributed by atoms with E-state index in [1.165, 1.54) is 6.92 Å². The molecule has 164 valence electrons. The zero-order chi connectivity index (χ0) is 21.8. The largest absolute Gasteiger partial charge is 0.459 e. The quantitative estimate of drug-likeness (QED) is 0.314. The molecule has 6 aliphatic rings. The molecular formula is C20H24O10. The molecule has 0 aromatic heterocycles. The van der Waals surface area contributed by atoms with Crippen LogP contribution < -0.4 is 0 Å². The predicted octanol–water partition coefficient (Wildman–Crippen LogP) is -1.37. The lowest BCUT2D eigenvalue weighted by Gasteiger charge is -2.46. The Hall–Kier alpha value is -1.75. The Morgan fingerprint density at radius 2 is 1.70 bits per heavy atom. The molecule has 4 saturated heterocycles. The van der Waals surface area contributed by atoms with Crippen molar-refractivity contribution in [2.75, 3.05) is 0 Å². The second-order valence-electron chi connectivity index (χ2n) is 10.7. The summed E-state index contributed by atoms with van der Waals surface area (Å²) in [6.07, 6.45) is -6.73. The molecule has 4 aliphatic heterocycles. The Kier molecular flexibility index (Phi) is 2.97. The molecule has 0 radical (unpaired) electrons. The van der Waals surface area contributed by atoms with Crippen LogP contribution in [0, 0.1) is 28.1 Å². The minimum Gasteiger partial charge on any atom is -0.459 e. The fourth-order valence-corrected chi connectivity index (χ4v) is 8.22. The monoisotopic (exact) mass is 424 g/mol. The number of aliphatic hydroxyl groups is 3. The first kappa shape index (κ1) is 19.0. The maximum Gasteiger partial charge on any atom is 0.342 e. The summed E-state index contributed by atoms with van der Waals surface area (Å²) in [5.74, 6) is -4.43. The minimum atomic E-state index is -2.12. The number of ether oxygens (including phenoxy) is 4. The number of hydrogen-bond acceptors (Lipinski definition) is 10. The third-order valence-electron chi connectivity index (χ3n) is 8.91. The van der Waals surface area contributed by atoms with Gasteiger partial charge >= 0.3 is 17.9 Å².